The molecule has 0 amide bonds. The SMILES string of the molecule is COc1cccc(CN(CC(=O)OC(C)(C)C)S(=O)(=O)c2ccc3c(Cl)cnc(N=C(N)N)c3c2)c1.Cl. The monoisotopic (exact) mass is 569 g/mol. The van der Waals surface area contributed by atoms with Gasteiger partial charge < -0.3 is 20.9 Å². The molecule has 200 valence electrons. The molecule has 2 aromatic carbocycles. The Kier molecular flexibility index (Phi) is 9.72. The molecule has 0 aliphatic heterocycles. The van der Waals surface area contributed by atoms with E-state index in [0.717, 1.165) is 4.31 Å². The highest BCUT2D eigenvalue weighted by molar-refractivity contribution is 7.89. The van der Waals surface area contributed by atoms with Crippen molar-refractivity contribution in [3.63, 3.8) is 0 Å². The second kappa shape index (κ2) is 12.0. The largest absolute Gasteiger partial charge is 0.497 e. The molecule has 3 aromatic rings. The summed E-state index contributed by atoms with van der Waals surface area (Å²) in [4.78, 5) is 20.7. The number of carbonyl (C=O) groups is 1. The summed E-state index contributed by atoms with van der Waals surface area (Å²) in [7, 11) is -2.70. The number of methoxy groups -OCH3 is 1. The maximum absolute atomic E-state index is 13.8. The minimum atomic E-state index is -4.21. The number of benzene rings is 2. The Morgan fingerprint density at radius 3 is 2.46 bits per heavy atom. The molecule has 0 fully saturated rings. The third kappa shape index (κ3) is 7.68. The van der Waals surface area contributed by atoms with Crippen LogP contribution in [-0.2, 0) is 26.1 Å². The summed E-state index contributed by atoms with van der Waals surface area (Å²) in [6.07, 6.45) is 1.37. The molecule has 10 nitrogen and oxygen atoms in total. The Balaban J connectivity index is 0.00000481. The number of hydrogen-bond acceptors (Lipinski definition) is 7. The molecule has 13 heteroatoms. The minimum Gasteiger partial charge on any atom is -0.497 e. The van der Waals surface area contributed by atoms with Crippen LogP contribution in [-0.4, -0.2) is 48.9 Å². The number of halogens is 2. The number of sulfonamides is 1. The molecule has 0 radical (unpaired) electrons. The van der Waals surface area contributed by atoms with E-state index >= 15 is 0 Å². The number of aliphatic imine (C=N–C) groups is 1. The molecule has 3 rings (SSSR count). The fourth-order valence-electron chi connectivity index (χ4n) is 3.41. The summed E-state index contributed by atoms with van der Waals surface area (Å²) in [6, 6.07) is 11.2. The van der Waals surface area contributed by atoms with Gasteiger partial charge in [0.05, 0.1) is 17.0 Å². The topological polar surface area (TPSA) is 150 Å². The van der Waals surface area contributed by atoms with Crippen LogP contribution in [0, 0.1) is 0 Å². The van der Waals surface area contributed by atoms with Gasteiger partial charge in [-0.05, 0) is 50.6 Å². The zero-order valence-electron chi connectivity index (χ0n) is 20.8. The average Bonchev–Trinajstić information content (AvgIpc) is 2.79. The van der Waals surface area contributed by atoms with Crippen molar-refractivity contribution in [1.29, 1.82) is 0 Å². The number of pyridine rings is 1. The van der Waals surface area contributed by atoms with E-state index in [9.17, 15) is 13.2 Å². The third-order valence-electron chi connectivity index (χ3n) is 4.88. The average molecular weight is 570 g/mol. The van der Waals surface area contributed by atoms with Crippen LogP contribution in [0.4, 0.5) is 5.82 Å². The Hall–Kier alpha value is -3.12. The first-order chi connectivity index (χ1) is 16.8. The van der Waals surface area contributed by atoms with E-state index in [0.29, 0.717) is 27.1 Å². The van der Waals surface area contributed by atoms with E-state index in [-0.39, 0.29) is 35.6 Å². The Bertz CT molecular complexity index is 1420. The number of aromatic nitrogens is 1. The van der Waals surface area contributed by atoms with Crippen LogP contribution in [0.25, 0.3) is 10.8 Å². The van der Waals surface area contributed by atoms with Crippen molar-refractivity contribution in [3.05, 3.63) is 59.2 Å². The van der Waals surface area contributed by atoms with Crippen molar-refractivity contribution in [2.24, 2.45) is 16.5 Å². The lowest BCUT2D eigenvalue weighted by Crippen LogP contribution is -2.38. The molecule has 0 saturated carbocycles. The van der Waals surface area contributed by atoms with Gasteiger partial charge in [-0.3, -0.25) is 4.79 Å². The van der Waals surface area contributed by atoms with Gasteiger partial charge >= 0.3 is 5.97 Å². The first-order valence-electron chi connectivity index (χ1n) is 10.8. The summed E-state index contributed by atoms with van der Waals surface area (Å²) >= 11 is 6.25. The van der Waals surface area contributed by atoms with Gasteiger partial charge in [-0.15, -0.1) is 12.4 Å². The highest BCUT2D eigenvalue weighted by Crippen LogP contribution is 2.32. The lowest BCUT2D eigenvalue weighted by molar-refractivity contribution is -0.155. The second-order valence-corrected chi connectivity index (χ2v) is 11.2. The molecule has 1 aromatic heterocycles. The van der Waals surface area contributed by atoms with Gasteiger partial charge in [0, 0.05) is 23.5 Å². The molecule has 1 heterocycles. The number of esters is 1. The molecule has 0 spiro atoms. The summed E-state index contributed by atoms with van der Waals surface area (Å²) in [5.41, 5.74) is 10.8. The number of rotatable bonds is 8. The predicted octanol–water partition coefficient (Wildman–Crippen LogP) is 3.76. The van der Waals surface area contributed by atoms with Crippen molar-refractivity contribution in [2.45, 2.75) is 37.8 Å². The fourth-order valence-corrected chi connectivity index (χ4v) is 5.03. The summed E-state index contributed by atoms with van der Waals surface area (Å²) in [6.45, 7) is 4.50. The zero-order valence-corrected chi connectivity index (χ0v) is 23.2. The van der Waals surface area contributed by atoms with Gasteiger partial charge in [0.2, 0.25) is 10.0 Å². The fraction of sp³-hybridized carbons (Fsp3) is 0.292. The molecule has 0 aliphatic carbocycles. The van der Waals surface area contributed by atoms with Gasteiger partial charge in [-0.2, -0.15) is 9.30 Å². The number of carbonyl (C=O) groups excluding carboxylic acids is 1. The van der Waals surface area contributed by atoms with Crippen LogP contribution in [0.2, 0.25) is 5.02 Å². The molecule has 0 bridgehead atoms. The number of hydrogen-bond donors (Lipinski definition) is 2. The molecule has 4 N–H and O–H groups in total. The number of fused-ring (bicyclic) bond motifs is 1. The van der Waals surface area contributed by atoms with Crippen LogP contribution in [0.5, 0.6) is 5.75 Å². The Labute approximate surface area is 227 Å². The van der Waals surface area contributed by atoms with Crippen molar-refractivity contribution in [3.8, 4) is 5.75 Å². The van der Waals surface area contributed by atoms with Crippen molar-refractivity contribution >= 4 is 62.6 Å². The Morgan fingerprint density at radius 1 is 1.14 bits per heavy atom. The number of ether oxygens (including phenoxy) is 2. The smallest absolute Gasteiger partial charge is 0.321 e. The minimum absolute atomic E-state index is 0. The van der Waals surface area contributed by atoms with Crippen LogP contribution in [0.15, 0.2) is 58.5 Å². The highest BCUT2D eigenvalue weighted by Gasteiger charge is 2.30. The van der Waals surface area contributed by atoms with Crippen LogP contribution in [0.3, 0.4) is 0 Å². The lowest BCUT2D eigenvalue weighted by Gasteiger charge is -2.25. The highest BCUT2D eigenvalue weighted by atomic mass is 35.5. The number of nitrogens with two attached hydrogens (primary N) is 2. The normalized spacial score (nSPS) is 11.6. The molecule has 0 aliphatic rings. The van der Waals surface area contributed by atoms with Gasteiger partial charge in [-0.1, -0.05) is 29.8 Å². The van der Waals surface area contributed by atoms with Gasteiger partial charge in [0.15, 0.2) is 11.8 Å². The van der Waals surface area contributed by atoms with E-state index in [2.05, 4.69) is 9.98 Å². The third-order valence-corrected chi connectivity index (χ3v) is 6.97. The second-order valence-electron chi connectivity index (χ2n) is 8.88. The van der Waals surface area contributed by atoms with Gasteiger partial charge in [-0.25, -0.2) is 13.4 Å². The van der Waals surface area contributed by atoms with E-state index in [1.54, 1.807) is 45.0 Å². The zero-order chi connectivity index (χ0) is 26.7. The first-order valence-corrected chi connectivity index (χ1v) is 12.6. The number of guanidine groups is 1. The molecule has 0 saturated heterocycles. The van der Waals surface area contributed by atoms with E-state index in [1.807, 2.05) is 0 Å². The van der Waals surface area contributed by atoms with E-state index < -0.39 is 28.1 Å². The van der Waals surface area contributed by atoms with Crippen molar-refractivity contribution < 1.29 is 22.7 Å². The first kappa shape index (κ1) is 30.1. The molecule has 0 atom stereocenters. The number of nitrogens with zero attached hydrogens (tertiary/aromatic N) is 3. The molecule has 37 heavy (non-hydrogen) atoms. The maximum Gasteiger partial charge on any atom is 0.321 e. The maximum atomic E-state index is 13.8. The Morgan fingerprint density at radius 2 is 1.84 bits per heavy atom. The van der Waals surface area contributed by atoms with E-state index in [4.69, 9.17) is 32.5 Å². The molecular weight excluding hydrogens is 541 g/mol. The van der Waals surface area contributed by atoms with Gasteiger partial charge in [0.25, 0.3) is 0 Å². The van der Waals surface area contributed by atoms with Crippen LogP contribution in [0.1, 0.15) is 26.3 Å². The van der Waals surface area contributed by atoms with Gasteiger partial charge in [0.1, 0.15) is 17.9 Å². The summed E-state index contributed by atoms with van der Waals surface area (Å²) in [5, 5.41) is 1.14. The van der Waals surface area contributed by atoms with E-state index in [1.165, 1.54) is 31.5 Å². The van der Waals surface area contributed by atoms with Crippen LogP contribution >= 0.6 is 24.0 Å². The molecule has 0 unspecified atom stereocenters. The lowest BCUT2D eigenvalue weighted by atomic mass is 10.1. The standard InChI is InChI=1S/C24H28ClN5O5S.ClH/c1-24(2,3)35-21(31)14-30(13-15-6-5-7-16(10-15)34-4)36(32,33)17-8-9-18-19(11-17)22(29-23(26)27)28-12-20(18)25;/h5-12H,13-14H2,1-4H3,(H4,26,27,28,29);1H. The predicted molar refractivity (Wildman–Crippen MR) is 146 cm³/mol. The summed E-state index contributed by atoms with van der Waals surface area (Å²) < 4.78 is 39.3. The molecular formula is C24H29Cl2N5O5S. The van der Waals surface area contributed by atoms with Crippen LogP contribution < -0.4 is 16.2 Å². The summed E-state index contributed by atoms with van der Waals surface area (Å²) in [5.74, 6) is -0.280. The van der Waals surface area contributed by atoms with Crippen molar-refractivity contribution in [2.75, 3.05) is 13.7 Å². The van der Waals surface area contributed by atoms with Crippen molar-refractivity contribution in [1.82, 2.24) is 9.29 Å². The quantitative estimate of drug-likeness (QED) is 0.236.